The molecule has 0 radical (unpaired) electrons. The van der Waals surface area contributed by atoms with E-state index in [1.807, 2.05) is 30.5 Å². The van der Waals surface area contributed by atoms with Gasteiger partial charge in [0, 0.05) is 29.9 Å². The molecule has 1 aliphatic rings. The lowest BCUT2D eigenvalue weighted by atomic mass is 10.0. The van der Waals surface area contributed by atoms with Crippen molar-refractivity contribution in [1.29, 1.82) is 0 Å². The Morgan fingerprint density at radius 1 is 1.33 bits per heavy atom. The van der Waals surface area contributed by atoms with Gasteiger partial charge in [-0.1, -0.05) is 37.1 Å². The molecule has 0 bridgehead atoms. The standard InChI is InChI=1S/C19H23ClN2O3S.BrH/c1-2-3-10-25-19(23)17(22-8-11-24-12-9-22)18-16(13-21-26-18)14-4-6-15(20)7-5-14;/h4-7,13,17H,2-3,8-12H2,1H3;1H. The molecule has 2 heterocycles. The Labute approximate surface area is 179 Å². The van der Waals surface area contributed by atoms with Crippen molar-refractivity contribution in [2.75, 3.05) is 32.9 Å². The van der Waals surface area contributed by atoms with Crippen LogP contribution in [0.3, 0.4) is 0 Å². The summed E-state index contributed by atoms with van der Waals surface area (Å²) in [7, 11) is 0. The zero-order valence-electron chi connectivity index (χ0n) is 15.2. The molecule has 27 heavy (non-hydrogen) atoms. The van der Waals surface area contributed by atoms with Crippen molar-refractivity contribution in [3.05, 3.63) is 40.4 Å². The van der Waals surface area contributed by atoms with Crippen LogP contribution in [0.1, 0.15) is 30.7 Å². The lowest BCUT2D eigenvalue weighted by Crippen LogP contribution is -2.42. The molecule has 2 aromatic rings. The summed E-state index contributed by atoms with van der Waals surface area (Å²) in [5.74, 6) is -0.209. The van der Waals surface area contributed by atoms with Crippen LogP contribution in [0.2, 0.25) is 5.02 Å². The summed E-state index contributed by atoms with van der Waals surface area (Å²) < 4.78 is 15.4. The first-order chi connectivity index (χ1) is 12.7. The van der Waals surface area contributed by atoms with Gasteiger partial charge >= 0.3 is 5.97 Å². The molecule has 1 saturated heterocycles. The second-order valence-corrected chi connectivity index (χ2v) is 7.45. The Bertz CT molecular complexity index is 720. The van der Waals surface area contributed by atoms with Crippen molar-refractivity contribution in [2.24, 2.45) is 0 Å². The van der Waals surface area contributed by atoms with Gasteiger partial charge in [0.25, 0.3) is 0 Å². The highest BCUT2D eigenvalue weighted by Gasteiger charge is 2.34. The number of ether oxygens (including phenoxy) is 2. The minimum absolute atomic E-state index is 0. The fraction of sp³-hybridized carbons (Fsp3) is 0.474. The molecule has 1 aliphatic heterocycles. The molecule has 8 heteroatoms. The van der Waals surface area contributed by atoms with Crippen molar-refractivity contribution in [1.82, 2.24) is 9.27 Å². The number of halogens is 2. The molecule has 1 fully saturated rings. The van der Waals surface area contributed by atoms with Crippen molar-refractivity contribution in [2.45, 2.75) is 25.8 Å². The third kappa shape index (κ3) is 5.74. The zero-order valence-corrected chi connectivity index (χ0v) is 18.5. The summed E-state index contributed by atoms with van der Waals surface area (Å²) in [6.07, 6.45) is 3.68. The third-order valence-corrected chi connectivity index (χ3v) is 5.48. The number of hydrogen-bond donors (Lipinski definition) is 0. The van der Waals surface area contributed by atoms with E-state index in [0.29, 0.717) is 37.9 Å². The molecule has 0 spiro atoms. The minimum Gasteiger partial charge on any atom is -0.464 e. The van der Waals surface area contributed by atoms with Gasteiger partial charge in [0.15, 0.2) is 0 Å². The van der Waals surface area contributed by atoms with Crippen molar-refractivity contribution >= 4 is 46.1 Å². The number of morpholine rings is 1. The molecule has 1 atom stereocenters. The third-order valence-electron chi connectivity index (χ3n) is 4.38. The Morgan fingerprint density at radius 3 is 2.70 bits per heavy atom. The van der Waals surface area contributed by atoms with Crippen LogP contribution in [0.4, 0.5) is 0 Å². The van der Waals surface area contributed by atoms with Gasteiger partial charge in [-0.2, -0.15) is 0 Å². The normalized spacial score (nSPS) is 15.8. The fourth-order valence-electron chi connectivity index (χ4n) is 2.95. The van der Waals surface area contributed by atoms with Gasteiger partial charge < -0.3 is 9.47 Å². The molecule has 1 aromatic heterocycles. The molecular weight excluding hydrogens is 452 g/mol. The van der Waals surface area contributed by atoms with Gasteiger partial charge in [-0.15, -0.1) is 17.0 Å². The quantitative estimate of drug-likeness (QED) is 0.427. The number of carbonyl (C=O) groups is 1. The van der Waals surface area contributed by atoms with Crippen molar-refractivity contribution in [3.8, 4) is 11.1 Å². The first-order valence-corrected chi connectivity index (χ1v) is 10.0. The molecule has 148 valence electrons. The summed E-state index contributed by atoms with van der Waals surface area (Å²) in [5.41, 5.74) is 1.95. The van der Waals surface area contributed by atoms with Gasteiger partial charge in [-0.3, -0.25) is 4.90 Å². The highest BCUT2D eigenvalue weighted by molar-refractivity contribution is 8.93. The highest BCUT2D eigenvalue weighted by Crippen LogP contribution is 2.36. The summed E-state index contributed by atoms with van der Waals surface area (Å²) in [6.45, 7) is 5.17. The summed E-state index contributed by atoms with van der Waals surface area (Å²) in [5, 5.41) is 0.683. The lowest BCUT2D eigenvalue weighted by molar-refractivity contribution is -0.152. The predicted octanol–water partition coefficient (Wildman–Crippen LogP) is 4.76. The zero-order chi connectivity index (χ0) is 18.4. The SMILES string of the molecule is Br.CCCCOC(=O)C(c1sncc1-c1ccc(Cl)cc1)N1CCOCC1. The second kappa shape index (κ2) is 11.1. The van der Waals surface area contributed by atoms with Crippen LogP contribution in [0.5, 0.6) is 0 Å². The highest BCUT2D eigenvalue weighted by atomic mass is 79.9. The monoisotopic (exact) mass is 474 g/mol. The van der Waals surface area contributed by atoms with Crippen LogP contribution in [-0.4, -0.2) is 48.2 Å². The minimum atomic E-state index is -0.450. The first-order valence-electron chi connectivity index (χ1n) is 8.89. The molecule has 0 saturated carbocycles. The maximum absolute atomic E-state index is 12.9. The second-order valence-electron chi connectivity index (χ2n) is 6.18. The maximum Gasteiger partial charge on any atom is 0.328 e. The number of nitrogens with zero attached hydrogens (tertiary/aromatic N) is 2. The number of aromatic nitrogens is 1. The van der Waals surface area contributed by atoms with Crippen LogP contribution in [0.25, 0.3) is 11.1 Å². The van der Waals surface area contributed by atoms with E-state index in [0.717, 1.165) is 28.8 Å². The topological polar surface area (TPSA) is 51.7 Å². The lowest BCUT2D eigenvalue weighted by Gasteiger charge is -2.32. The molecule has 5 nitrogen and oxygen atoms in total. The smallest absolute Gasteiger partial charge is 0.328 e. The van der Waals surface area contributed by atoms with E-state index in [1.54, 1.807) is 0 Å². The molecule has 3 rings (SSSR count). The van der Waals surface area contributed by atoms with E-state index in [9.17, 15) is 4.79 Å². The predicted molar refractivity (Wildman–Crippen MR) is 114 cm³/mol. The Morgan fingerprint density at radius 2 is 2.04 bits per heavy atom. The van der Waals surface area contributed by atoms with Gasteiger partial charge in [-0.25, -0.2) is 9.17 Å². The van der Waals surface area contributed by atoms with Crippen LogP contribution >= 0.6 is 40.1 Å². The van der Waals surface area contributed by atoms with Crippen LogP contribution in [0, 0.1) is 0 Å². The summed E-state index contributed by atoms with van der Waals surface area (Å²) in [6, 6.07) is 7.15. The van der Waals surface area contributed by atoms with E-state index in [1.165, 1.54) is 11.5 Å². The molecule has 1 unspecified atom stereocenters. The molecule has 1 aromatic carbocycles. The molecule has 0 aliphatic carbocycles. The van der Waals surface area contributed by atoms with E-state index in [4.69, 9.17) is 21.1 Å². The molecule has 0 amide bonds. The Hall–Kier alpha value is -0.990. The van der Waals surface area contributed by atoms with Crippen molar-refractivity contribution < 1.29 is 14.3 Å². The Balaban J connectivity index is 0.00000261. The first kappa shape index (κ1) is 22.3. The van der Waals surface area contributed by atoms with E-state index < -0.39 is 6.04 Å². The van der Waals surface area contributed by atoms with Gasteiger partial charge in [0.05, 0.1) is 24.7 Å². The van der Waals surface area contributed by atoms with Crippen LogP contribution in [-0.2, 0) is 14.3 Å². The van der Waals surface area contributed by atoms with E-state index >= 15 is 0 Å². The number of carbonyl (C=O) groups excluding carboxylic acids is 1. The van der Waals surface area contributed by atoms with Gasteiger partial charge in [-0.05, 0) is 35.6 Å². The van der Waals surface area contributed by atoms with Crippen LogP contribution in [0.15, 0.2) is 30.5 Å². The van der Waals surface area contributed by atoms with Crippen molar-refractivity contribution in [3.63, 3.8) is 0 Å². The number of unbranched alkanes of at least 4 members (excludes halogenated alkanes) is 1. The molecular formula is C19H24BrClN2O3S. The van der Waals surface area contributed by atoms with Crippen LogP contribution < -0.4 is 0 Å². The van der Waals surface area contributed by atoms with E-state index in [-0.39, 0.29) is 23.0 Å². The molecule has 0 N–H and O–H groups in total. The average Bonchev–Trinajstić information content (AvgIpc) is 3.13. The average molecular weight is 476 g/mol. The van der Waals surface area contributed by atoms with E-state index in [2.05, 4.69) is 16.2 Å². The van der Waals surface area contributed by atoms with Gasteiger partial charge in [0.2, 0.25) is 0 Å². The number of benzene rings is 1. The number of rotatable bonds is 7. The summed E-state index contributed by atoms with van der Waals surface area (Å²) >= 11 is 7.36. The fourth-order valence-corrected chi connectivity index (χ4v) is 3.96. The number of esters is 1. The largest absolute Gasteiger partial charge is 0.464 e. The number of hydrogen-bond acceptors (Lipinski definition) is 6. The summed E-state index contributed by atoms with van der Waals surface area (Å²) in [4.78, 5) is 15.9. The van der Waals surface area contributed by atoms with Gasteiger partial charge in [0.1, 0.15) is 6.04 Å². The maximum atomic E-state index is 12.9. The Kier molecular flexibility index (Phi) is 9.18.